The number of fused-ring (bicyclic) bond motifs is 5. The van der Waals surface area contributed by atoms with E-state index in [1.165, 1.54) is 44.9 Å². The molecule has 0 aliphatic heterocycles. The van der Waals surface area contributed by atoms with Gasteiger partial charge < -0.3 is 20.8 Å². The summed E-state index contributed by atoms with van der Waals surface area (Å²) < 4.78 is 0. The molecule has 0 spiro atoms. The van der Waals surface area contributed by atoms with Gasteiger partial charge in [0.1, 0.15) is 12.1 Å². The van der Waals surface area contributed by atoms with Crippen LogP contribution < -0.4 is 10.6 Å². The number of aliphatic hydroxyl groups excluding tert-OH is 1. The molecule has 41 heavy (non-hydrogen) atoms. The fraction of sp³-hybridized carbons (Fsp3) is 0.912. The zero-order chi connectivity index (χ0) is 30.3. The predicted octanol–water partition coefficient (Wildman–Crippen LogP) is 5.79. The van der Waals surface area contributed by atoms with E-state index in [0.29, 0.717) is 35.0 Å². The highest BCUT2D eigenvalue weighted by molar-refractivity contribution is 5.90. The maximum atomic E-state index is 13.1. The Morgan fingerprint density at radius 2 is 1.44 bits per heavy atom. The van der Waals surface area contributed by atoms with Crippen LogP contribution in [0.4, 0.5) is 0 Å². The van der Waals surface area contributed by atoms with Crippen LogP contribution in [0.2, 0.25) is 0 Å². The molecule has 234 valence electrons. The van der Waals surface area contributed by atoms with E-state index in [1.54, 1.807) is 13.8 Å². The number of hydrogen-bond acceptors (Lipinski definition) is 4. The second kappa shape index (κ2) is 12.5. The fourth-order valence-electron chi connectivity index (χ4n) is 10.3. The summed E-state index contributed by atoms with van der Waals surface area (Å²) >= 11 is 0. The second-order valence-electron chi connectivity index (χ2n) is 15.7. The molecule has 7 heteroatoms. The van der Waals surface area contributed by atoms with Gasteiger partial charge in [0.15, 0.2) is 0 Å². The van der Waals surface area contributed by atoms with Gasteiger partial charge in [-0.15, -0.1) is 0 Å². The van der Waals surface area contributed by atoms with Crippen molar-refractivity contribution in [2.45, 2.75) is 137 Å². The maximum absolute atomic E-state index is 13.1. The summed E-state index contributed by atoms with van der Waals surface area (Å²) in [5.74, 6) is 2.09. The monoisotopic (exact) mass is 574 g/mol. The lowest BCUT2D eigenvalue weighted by molar-refractivity contribution is -0.143. The number of carboxylic acids is 1. The van der Waals surface area contributed by atoms with Crippen LogP contribution in [0.1, 0.15) is 119 Å². The highest BCUT2D eigenvalue weighted by Crippen LogP contribution is 2.68. The Hall–Kier alpha value is -1.63. The van der Waals surface area contributed by atoms with Crippen LogP contribution in [0.3, 0.4) is 0 Å². The minimum atomic E-state index is -1.06. The van der Waals surface area contributed by atoms with E-state index >= 15 is 0 Å². The van der Waals surface area contributed by atoms with Crippen molar-refractivity contribution in [3.63, 3.8) is 0 Å². The van der Waals surface area contributed by atoms with Gasteiger partial charge in [-0.2, -0.15) is 0 Å². The van der Waals surface area contributed by atoms with E-state index in [0.717, 1.165) is 37.0 Å². The predicted molar refractivity (Wildman–Crippen MR) is 161 cm³/mol. The quantitative estimate of drug-likeness (QED) is 0.264. The van der Waals surface area contributed by atoms with Gasteiger partial charge in [-0.05, 0) is 122 Å². The highest BCUT2D eigenvalue weighted by atomic mass is 16.4. The topological polar surface area (TPSA) is 116 Å². The molecule has 0 bridgehead atoms. The maximum Gasteiger partial charge on any atom is 0.326 e. The van der Waals surface area contributed by atoms with Crippen LogP contribution in [-0.4, -0.2) is 46.2 Å². The van der Waals surface area contributed by atoms with Gasteiger partial charge in [-0.25, -0.2) is 4.79 Å². The van der Waals surface area contributed by atoms with Crippen molar-refractivity contribution in [3.05, 3.63) is 0 Å². The van der Waals surface area contributed by atoms with E-state index < -0.39 is 24.0 Å². The molecule has 7 nitrogen and oxygen atoms in total. The Morgan fingerprint density at radius 1 is 0.805 bits per heavy atom. The van der Waals surface area contributed by atoms with Crippen LogP contribution in [0, 0.1) is 58.2 Å². The summed E-state index contributed by atoms with van der Waals surface area (Å²) in [5, 5.41) is 25.4. The highest BCUT2D eigenvalue weighted by Gasteiger charge is 2.60. The number of rotatable bonds is 10. The Labute approximate surface area is 248 Å². The molecule has 2 amide bonds. The van der Waals surface area contributed by atoms with Crippen molar-refractivity contribution in [1.82, 2.24) is 10.6 Å². The Kier molecular flexibility index (Phi) is 9.87. The number of aliphatic hydroxyl groups is 1. The van der Waals surface area contributed by atoms with Crippen molar-refractivity contribution >= 4 is 17.8 Å². The first-order chi connectivity index (χ1) is 19.2. The third kappa shape index (κ3) is 6.35. The van der Waals surface area contributed by atoms with Gasteiger partial charge in [0.2, 0.25) is 11.8 Å². The zero-order valence-corrected chi connectivity index (χ0v) is 26.7. The summed E-state index contributed by atoms with van der Waals surface area (Å²) in [5.41, 5.74) is 0.724. The van der Waals surface area contributed by atoms with E-state index in [2.05, 4.69) is 31.4 Å². The van der Waals surface area contributed by atoms with Gasteiger partial charge in [0.05, 0.1) is 6.10 Å². The van der Waals surface area contributed by atoms with E-state index in [1.807, 2.05) is 13.8 Å². The molecule has 4 aliphatic rings. The van der Waals surface area contributed by atoms with Crippen LogP contribution in [0.15, 0.2) is 0 Å². The lowest BCUT2D eigenvalue weighted by Gasteiger charge is -2.61. The van der Waals surface area contributed by atoms with Gasteiger partial charge in [0, 0.05) is 6.42 Å². The van der Waals surface area contributed by atoms with Gasteiger partial charge >= 0.3 is 5.97 Å². The van der Waals surface area contributed by atoms with E-state index in [9.17, 15) is 24.6 Å². The molecule has 4 rings (SSSR count). The third-order valence-electron chi connectivity index (χ3n) is 12.7. The van der Waals surface area contributed by atoms with Crippen LogP contribution in [0.25, 0.3) is 0 Å². The standard InChI is InChI=1S/C34H58N2O5/c1-19(2)29(31(39)36-30(20(3)4)32(40)41)35-28(38)13-8-21(5)25-11-12-26-24-10-9-22-18-23(37)14-16-33(22,6)27(24)15-17-34(25,26)7/h19-27,29-30,37H,8-18H2,1-7H3,(H,35,38)(H,36,39)(H,40,41)/t21?,22-,23-,24+,25-,26+,27+,29?,30?,33+,34-/m1/s1. The van der Waals surface area contributed by atoms with Gasteiger partial charge in [-0.1, -0.05) is 48.5 Å². The average Bonchev–Trinajstić information content (AvgIpc) is 3.26. The van der Waals surface area contributed by atoms with Crippen molar-refractivity contribution < 1.29 is 24.6 Å². The van der Waals surface area contributed by atoms with Crippen LogP contribution >= 0.6 is 0 Å². The number of aliphatic carboxylic acids is 1. The zero-order valence-electron chi connectivity index (χ0n) is 26.7. The molecule has 0 heterocycles. The molecule has 3 unspecified atom stereocenters. The summed E-state index contributed by atoms with van der Waals surface area (Å²) in [4.78, 5) is 37.6. The van der Waals surface area contributed by atoms with Gasteiger partial charge in [-0.3, -0.25) is 9.59 Å². The molecule has 0 radical (unpaired) electrons. The number of carbonyl (C=O) groups excluding carboxylic acids is 2. The van der Waals surface area contributed by atoms with Crippen molar-refractivity contribution in [3.8, 4) is 0 Å². The first-order valence-corrected chi connectivity index (χ1v) is 16.7. The first kappa shape index (κ1) is 32.3. The smallest absolute Gasteiger partial charge is 0.326 e. The molecule has 4 saturated carbocycles. The summed E-state index contributed by atoms with van der Waals surface area (Å²) in [6, 6.07) is -1.73. The van der Waals surface area contributed by atoms with E-state index in [-0.39, 0.29) is 23.8 Å². The Bertz CT molecular complexity index is 967. The molecule has 11 atom stereocenters. The summed E-state index contributed by atoms with van der Waals surface area (Å²) in [6.45, 7) is 14.7. The van der Waals surface area contributed by atoms with E-state index in [4.69, 9.17) is 0 Å². The molecule has 4 fully saturated rings. The largest absolute Gasteiger partial charge is 0.480 e. The normalized spacial score (nSPS) is 38.8. The second-order valence-corrected chi connectivity index (χ2v) is 15.7. The Morgan fingerprint density at radius 3 is 2.07 bits per heavy atom. The minimum Gasteiger partial charge on any atom is -0.480 e. The first-order valence-electron chi connectivity index (χ1n) is 16.7. The van der Waals surface area contributed by atoms with Crippen molar-refractivity contribution in [2.24, 2.45) is 58.2 Å². The average molecular weight is 575 g/mol. The SMILES string of the molecule is CC(C)C(NC(=O)C(NC(=O)CCC(C)[C@H]1CC[C@H]2[C@@H]3CC[C@@H]4C[C@H](O)CC[C@]4(C)[C@H]3CC[C@]12C)C(C)C)C(=O)O. The number of carbonyl (C=O) groups is 3. The molecule has 0 aromatic rings. The molecule has 4 N–H and O–H groups in total. The number of nitrogens with one attached hydrogen (secondary N) is 2. The van der Waals surface area contributed by atoms with Gasteiger partial charge in [0.25, 0.3) is 0 Å². The molecule has 0 aromatic heterocycles. The molecule has 0 aromatic carbocycles. The Balaban J connectivity index is 1.34. The van der Waals surface area contributed by atoms with Crippen LogP contribution in [0.5, 0.6) is 0 Å². The molecular formula is C34H58N2O5. The fourth-order valence-corrected chi connectivity index (χ4v) is 10.3. The minimum absolute atomic E-state index is 0.0979. The number of amides is 2. The molecule has 0 saturated heterocycles. The van der Waals surface area contributed by atoms with Crippen molar-refractivity contribution in [1.29, 1.82) is 0 Å². The lowest BCUT2D eigenvalue weighted by atomic mass is 9.44. The lowest BCUT2D eigenvalue weighted by Crippen LogP contribution is -2.55. The van der Waals surface area contributed by atoms with Crippen molar-refractivity contribution in [2.75, 3.05) is 0 Å². The number of carboxylic acid groups (broad SMARTS) is 1. The van der Waals surface area contributed by atoms with Crippen LogP contribution in [-0.2, 0) is 14.4 Å². The number of hydrogen-bond donors (Lipinski definition) is 4. The third-order valence-corrected chi connectivity index (χ3v) is 12.7. The summed E-state index contributed by atoms with van der Waals surface area (Å²) in [7, 11) is 0. The molecule has 4 aliphatic carbocycles. The molecular weight excluding hydrogens is 516 g/mol. The summed E-state index contributed by atoms with van der Waals surface area (Å²) in [6.07, 6.45) is 12.0.